The SMILES string of the molecule is CCc1nc(CN2CCCC(Nc3ncnc4[nH]ccc34)C2)no1. The molecule has 1 unspecified atom stereocenters. The van der Waals surface area contributed by atoms with Gasteiger partial charge in [-0.15, -0.1) is 0 Å². The summed E-state index contributed by atoms with van der Waals surface area (Å²) in [6, 6.07) is 2.36. The van der Waals surface area contributed by atoms with E-state index in [1.165, 1.54) is 0 Å². The topological polar surface area (TPSA) is 95.8 Å². The molecule has 0 spiro atoms. The first-order valence-electron chi connectivity index (χ1n) is 8.40. The van der Waals surface area contributed by atoms with Crippen LogP contribution in [0.4, 0.5) is 5.82 Å². The molecule has 1 atom stereocenters. The molecule has 1 fully saturated rings. The van der Waals surface area contributed by atoms with Gasteiger partial charge in [-0.05, 0) is 25.5 Å². The van der Waals surface area contributed by atoms with Gasteiger partial charge < -0.3 is 14.8 Å². The molecule has 24 heavy (non-hydrogen) atoms. The van der Waals surface area contributed by atoms with E-state index in [1.54, 1.807) is 6.33 Å². The van der Waals surface area contributed by atoms with Crippen molar-refractivity contribution in [1.29, 1.82) is 0 Å². The lowest BCUT2D eigenvalue weighted by atomic mass is 10.1. The third-order valence-electron chi connectivity index (χ3n) is 4.38. The van der Waals surface area contributed by atoms with Gasteiger partial charge >= 0.3 is 0 Å². The molecule has 2 N–H and O–H groups in total. The third-order valence-corrected chi connectivity index (χ3v) is 4.38. The molecule has 0 saturated carbocycles. The second-order valence-corrected chi connectivity index (χ2v) is 6.14. The van der Waals surface area contributed by atoms with Crippen molar-refractivity contribution in [2.24, 2.45) is 0 Å². The number of hydrogen-bond donors (Lipinski definition) is 2. The van der Waals surface area contributed by atoms with Gasteiger partial charge in [0.1, 0.15) is 17.8 Å². The molecule has 1 saturated heterocycles. The van der Waals surface area contributed by atoms with Gasteiger partial charge in [0.2, 0.25) is 5.89 Å². The minimum atomic E-state index is 0.351. The predicted octanol–water partition coefficient (Wildman–Crippen LogP) is 1.98. The number of aromatic amines is 1. The number of piperidine rings is 1. The number of H-pyrrole nitrogens is 1. The summed E-state index contributed by atoms with van der Waals surface area (Å²) in [4.78, 5) is 18.5. The fraction of sp³-hybridized carbons (Fsp3) is 0.500. The molecule has 4 rings (SSSR count). The highest BCUT2D eigenvalue weighted by molar-refractivity contribution is 5.86. The summed E-state index contributed by atoms with van der Waals surface area (Å²) < 4.78 is 5.19. The van der Waals surface area contributed by atoms with E-state index in [1.807, 2.05) is 19.2 Å². The van der Waals surface area contributed by atoms with E-state index in [0.717, 1.165) is 61.6 Å². The summed E-state index contributed by atoms with van der Waals surface area (Å²) in [7, 11) is 0. The number of aromatic nitrogens is 5. The summed E-state index contributed by atoms with van der Waals surface area (Å²) in [6.45, 7) is 4.73. The summed E-state index contributed by atoms with van der Waals surface area (Å²) in [5.74, 6) is 2.36. The van der Waals surface area contributed by atoms with Crippen molar-refractivity contribution in [3.63, 3.8) is 0 Å². The molecule has 0 radical (unpaired) electrons. The molecule has 4 heterocycles. The number of hydrogen-bond acceptors (Lipinski definition) is 7. The fourth-order valence-corrected chi connectivity index (χ4v) is 3.20. The van der Waals surface area contributed by atoms with Crippen LogP contribution in [0.1, 0.15) is 31.5 Å². The van der Waals surface area contributed by atoms with Gasteiger partial charge in [-0.3, -0.25) is 4.90 Å². The van der Waals surface area contributed by atoms with Crippen molar-refractivity contribution < 1.29 is 4.52 Å². The number of likely N-dealkylation sites (tertiary alicyclic amines) is 1. The highest BCUT2D eigenvalue weighted by Crippen LogP contribution is 2.21. The Kier molecular flexibility index (Phi) is 4.12. The Bertz CT molecular complexity index is 811. The van der Waals surface area contributed by atoms with Crippen molar-refractivity contribution in [2.75, 3.05) is 18.4 Å². The second kappa shape index (κ2) is 6.56. The molecule has 0 aliphatic carbocycles. The quantitative estimate of drug-likeness (QED) is 0.739. The summed E-state index contributed by atoms with van der Waals surface area (Å²) in [5, 5.41) is 8.64. The first-order chi connectivity index (χ1) is 11.8. The van der Waals surface area contributed by atoms with Crippen molar-refractivity contribution in [3.8, 4) is 0 Å². The average molecular weight is 327 g/mol. The number of anilines is 1. The average Bonchev–Trinajstić information content (AvgIpc) is 3.24. The maximum absolute atomic E-state index is 5.19. The van der Waals surface area contributed by atoms with Crippen LogP contribution in [-0.4, -0.2) is 49.1 Å². The van der Waals surface area contributed by atoms with Crippen molar-refractivity contribution in [1.82, 2.24) is 30.0 Å². The lowest BCUT2D eigenvalue weighted by Crippen LogP contribution is -2.42. The van der Waals surface area contributed by atoms with Crippen LogP contribution in [-0.2, 0) is 13.0 Å². The number of fused-ring (bicyclic) bond motifs is 1. The van der Waals surface area contributed by atoms with Crippen molar-refractivity contribution in [2.45, 2.75) is 38.8 Å². The molecular formula is C16H21N7O. The van der Waals surface area contributed by atoms with Crippen LogP contribution >= 0.6 is 0 Å². The van der Waals surface area contributed by atoms with Gasteiger partial charge in [0.15, 0.2) is 5.82 Å². The molecule has 0 bridgehead atoms. The summed E-state index contributed by atoms with van der Waals surface area (Å²) >= 11 is 0. The Morgan fingerprint density at radius 2 is 2.38 bits per heavy atom. The number of nitrogens with one attached hydrogen (secondary N) is 2. The zero-order valence-corrected chi connectivity index (χ0v) is 13.7. The monoisotopic (exact) mass is 327 g/mol. The molecular weight excluding hydrogens is 306 g/mol. The predicted molar refractivity (Wildman–Crippen MR) is 89.5 cm³/mol. The third kappa shape index (κ3) is 3.09. The van der Waals surface area contributed by atoms with Gasteiger partial charge in [0.25, 0.3) is 0 Å². The molecule has 3 aromatic heterocycles. The van der Waals surface area contributed by atoms with Gasteiger partial charge in [0, 0.05) is 25.2 Å². The normalized spacial score (nSPS) is 19.0. The first-order valence-corrected chi connectivity index (χ1v) is 8.40. The van der Waals surface area contributed by atoms with Gasteiger partial charge in [0.05, 0.1) is 11.9 Å². The lowest BCUT2D eigenvalue weighted by molar-refractivity contribution is 0.201. The smallest absolute Gasteiger partial charge is 0.226 e. The number of nitrogens with zero attached hydrogens (tertiary/aromatic N) is 5. The second-order valence-electron chi connectivity index (χ2n) is 6.14. The van der Waals surface area contributed by atoms with Crippen LogP contribution in [0.5, 0.6) is 0 Å². The van der Waals surface area contributed by atoms with Crippen molar-refractivity contribution in [3.05, 3.63) is 30.3 Å². The molecule has 8 heteroatoms. The molecule has 0 amide bonds. The number of aryl methyl sites for hydroxylation is 1. The molecule has 126 valence electrons. The zero-order valence-electron chi connectivity index (χ0n) is 13.7. The minimum absolute atomic E-state index is 0.351. The number of rotatable bonds is 5. The zero-order chi connectivity index (χ0) is 16.4. The van der Waals surface area contributed by atoms with E-state index in [9.17, 15) is 0 Å². The van der Waals surface area contributed by atoms with Crippen molar-refractivity contribution >= 4 is 16.9 Å². The van der Waals surface area contributed by atoms with Crippen LogP contribution in [0.25, 0.3) is 11.0 Å². The Morgan fingerprint density at radius 3 is 3.25 bits per heavy atom. The summed E-state index contributed by atoms with van der Waals surface area (Å²) in [5.41, 5.74) is 0.860. The van der Waals surface area contributed by atoms with E-state index in [0.29, 0.717) is 11.9 Å². The Balaban J connectivity index is 1.42. The lowest BCUT2D eigenvalue weighted by Gasteiger charge is -2.32. The largest absolute Gasteiger partial charge is 0.365 e. The van der Waals surface area contributed by atoms with Gasteiger partial charge in [-0.25, -0.2) is 9.97 Å². The van der Waals surface area contributed by atoms with Gasteiger partial charge in [-0.1, -0.05) is 12.1 Å². The summed E-state index contributed by atoms with van der Waals surface area (Å²) in [6.07, 6.45) is 6.51. The Hall–Kier alpha value is -2.48. The molecule has 1 aliphatic rings. The van der Waals surface area contributed by atoms with Crippen LogP contribution < -0.4 is 5.32 Å². The van der Waals surface area contributed by atoms with E-state index in [2.05, 4.69) is 35.3 Å². The molecule has 1 aliphatic heterocycles. The standard InChI is InChI=1S/C16H21N7O/c1-2-14-21-13(22-24-14)9-23-7-3-4-11(8-23)20-16-12-5-6-17-15(12)18-10-19-16/h5-6,10-11H,2-4,7-9H2,1H3,(H2,17,18,19,20). The van der Waals surface area contributed by atoms with Gasteiger partial charge in [-0.2, -0.15) is 4.98 Å². The van der Waals surface area contributed by atoms with E-state index in [-0.39, 0.29) is 0 Å². The minimum Gasteiger partial charge on any atom is -0.365 e. The Labute approximate surface area is 139 Å². The Morgan fingerprint density at radius 1 is 1.42 bits per heavy atom. The molecule has 3 aromatic rings. The molecule has 8 nitrogen and oxygen atoms in total. The fourth-order valence-electron chi connectivity index (χ4n) is 3.20. The highest BCUT2D eigenvalue weighted by atomic mass is 16.5. The maximum atomic E-state index is 5.19. The van der Waals surface area contributed by atoms with Crippen LogP contribution in [0.2, 0.25) is 0 Å². The van der Waals surface area contributed by atoms with Crippen LogP contribution in [0.15, 0.2) is 23.1 Å². The van der Waals surface area contributed by atoms with E-state index < -0.39 is 0 Å². The van der Waals surface area contributed by atoms with E-state index >= 15 is 0 Å². The van der Waals surface area contributed by atoms with Crippen LogP contribution in [0, 0.1) is 0 Å². The van der Waals surface area contributed by atoms with E-state index in [4.69, 9.17) is 4.52 Å². The van der Waals surface area contributed by atoms with Crippen LogP contribution in [0.3, 0.4) is 0 Å². The first kappa shape index (κ1) is 15.1. The molecule has 0 aromatic carbocycles. The maximum Gasteiger partial charge on any atom is 0.226 e. The highest BCUT2D eigenvalue weighted by Gasteiger charge is 2.22.